The SMILES string of the molecule is C[C@@H]1CCc2c(sc(NC(=O)COC(=O)c3ccc(C#N)cc3)c2C#N)C1. The quantitative estimate of drug-likeness (QED) is 0.820. The zero-order valence-corrected chi connectivity index (χ0v) is 15.6. The van der Waals surface area contributed by atoms with E-state index in [0.29, 0.717) is 22.0 Å². The van der Waals surface area contributed by atoms with Crippen molar-refractivity contribution in [2.75, 3.05) is 11.9 Å². The summed E-state index contributed by atoms with van der Waals surface area (Å²) in [4.78, 5) is 25.3. The summed E-state index contributed by atoms with van der Waals surface area (Å²) < 4.78 is 5.02. The van der Waals surface area contributed by atoms with Gasteiger partial charge >= 0.3 is 5.97 Å². The number of amides is 1. The third kappa shape index (κ3) is 4.16. The van der Waals surface area contributed by atoms with Crippen LogP contribution in [0.1, 0.15) is 45.3 Å². The molecule has 0 radical (unpaired) electrons. The van der Waals surface area contributed by atoms with Gasteiger partial charge in [0.2, 0.25) is 0 Å². The fraction of sp³-hybridized carbons (Fsp3) is 0.300. The van der Waals surface area contributed by atoms with Crippen LogP contribution in [0.4, 0.5) is 5.00 Å². The van der Waals surface area contributed by atoms with E-state index in [9.17, 15) is 14.9 Å². The van der Waals surface area contributed by atoms with Gasteiger partial charge in [-0.2, -0.15) is 10.5 Å². The van der Waals surface area contributed by atoms with E-state index in [-0.39, 0.29) is 5.56 Å². The lowest BCUT2D eigenvalue weighted by atomic mass is 9.89. The summed E-state index contributed by atoms with van der Waals surface area (Å²) in [5.41, 5.74) is 2.25. The zero-order chi connectivity index (χ0) is 19.4. The van der Waals surface area contributed by atoms with Crippen LogP contribution in [0, 0.1) is 28.6 Å². The maximum Gasteiger partial charge on any atom is 0.338 e. The van der Waals surface area contributed by atoms with Crippen molar-refractivity contribution < 1.29 is 14.3 Å². The average molecular weight is 379 g/mol. The van der Waals surface area contributed by atoms with Gasteiger partial charge in [-0.25, -0.2) is 4.79 Å². The number of carbonyl (C=O) groups is 2. The van der Waals surface area contributed by atoms with Crippen LogP contribution in [0.3, 0.4) is 0 Å². The molecular weight excluding hydrogens is 362 g/mol. The van der Waals surface area contributed by atoms with E-state index in [1.54, 1.807) is 0 Å². The smallest absolute Gasteiger partial charge is 0.338 e. The highest BCUT2D eigenvalue weighted by Gasteiger charge is 2.24. The Morgan fingerprint density at radius 3 is 2.67 bits per heavy atom. The molecule has 1 heterocycles. The first-order chi connectivity index (χ1) is 13.0. The van der Waals surface area contributed by atoms with Crippen LogP contribution < -0.4 is 5.32 Å². The van der Waals surface area contributed by atoms with Crippen molar-refractivity contribution in [2.45, 2.75) is 26.2 Å². The van der Waals surface area contributed by atoms with Gasteiger partial charge in [-0.05, 0) is 55.0 Å². The maximum atomic E-state index is 12.2. The van der Waals surface area contributed by atoms with E-state index in [4.69, 9.17) is 10.00 Å². The molecule has 27 heavy (non-hydrogen) atoms. The van der Waals surface area contributed by atoms with Crippen LogP contribution >= 0.6 is 11.3 Å². The number of nitriles is 2. The number of nitrogens with one attached hydrogen (secondary N) is 1. The number of carbonyl (C=O) groups excluding carboxylic acids is 2. The van der Waals surface area contributed by atoms with E-state index >= 15 is 0 Å². The molecule has 0 unspecified atom stereocenters. The molecule has 0 fully saturated rings. The normalized spacial score (nSPS) is 15.1. The molecule has 1 atom stereocenters. The Bertz CT molecular complexity index is 964. The van der Waals surface area contributed by atoms with Gasteiger partial charge in [-0.15, -0.1) is 11.3 Å². The Morgan fingerprint density at radius 1 is 1.26 bits per heavy atom. The molecule has 0 bridgehead atoms. The number of hydrogen-bond acceptors (Lipinski definition) is 6. The summed E-state index contributed by atoms with van der Waals surface area (Å²) in [6.45, 7) is 1.73. The number of rotatable bonds is 4. The molecule has 0 saturated carbocycles. The first-order valence-corrected chi connectivity index (χ1v) is 9.35. The third-order valence-corrected chi connectivity index (χ3v) is 5.63. The fourth-order valence-corrected chi connectivity index (χ4v) is 4.39. The van der Waals surface area contributed by atoms with Crippen molar-refractivity contribution in [3.05, 3.63) is 51.4 Å². The number of ether oxygens (including phenoxy) is 1. The lowest BCUT2D eigenvalue weighted by Crippen LogP contribution is -2.20. The van der Waals surface area contributed by atoms with E-state index in [1.165, 1.54) is 35.6 Å². The average Bonchev–Trinajstić information content (AvgIpc) is 3.01. The second kappa shape index (κ2) is 8.03. The number of hydrogen-bond donors (Lipinski definition) is 1. The number of fused-ring (bicyclic) bond motifs is 1. The van der Waals surface area contributed by atoms with Crippen molar-refractivity contribution >= 4 is 28.2 Å². The van der Waals surface area contributed by atoms with Gasteiger partial charge in [0.25, 0.3) is 5.91 Å². The monoisotopic (exact) mass is 379 g/mol. The van der Waals surface area contributed by atoms with Gasteiger partial charge in [0, 0.05) is 4.88 Å². The standard InChI is InChI=1S/C20H17N3O3S/c1-12-2-7-15-16(10-22)19(27-17(15)8-12)23-18(24)11-26-20(25)14-5-3-13(9-21)4-6-14/h3-6,12H,2,7-8,11H2,1H3,(H,23,24)/t12-/m1/s1. The molecule has 0 saturated heterocycles. The molecule has 1 N–H and O–H groups in total. The van der Waals surface area contributed by atoms with Crippen molar-refractivity contribution in [1.29, 1.82) is 10.5 Å². The number of benzene rings is 1. The number of thiophene rings is 1. The lowest BCUT2D eigenvalue weighted by molar-refractivity contribution is -0.119. The topological polar surface area (TPSA) is 103 Å². The van der Waals surface area contributed by atoms with E-state index in [2.05, 4.69) is 18.3 Å². The van der Waals surface area contributed by atoms with Crippen LogP contribution in [0.25, 0.3) is 0 Å². The first kappa shape index (κ1) is 18.6. The lowest BCUT2D eigenvalue weighted by Gasteiger charge is -2.17. The van der Waals surface area contributed by atoms with Gasteiger partial charge in [0.05, 0.1) is 22.8 Å². The summed E-state index contributed by atoms with van der Waals surface area (Å²) >= 11 is 1.43. The molecule has 0 aliphatic heterocycles. The Hall–Kier alpha value is -3.16. The second-order valence-corrected chi connectivity index (χ2v) is 7.59. The highest BCUT2D eigenvalue weighted by atomic mass is 32.1. The van der Waals surface area contributed by atoms with Crippen LogP contribution in [0.5, 0.6) is 0 Å². The van der Waals surface area contributed by atoms with Crippen LogP contribution in [-0.2, 0) is 22.4 Å². The van der Waals surface area contributed by atoms with Gasteiger partial charge in [-0.1, -0.05) is 6.92 Å². The third-order valence-electron chi connectivity index (χ3n) is 4.46. The zero-order valence-electron chi connectivity index (χ0n) is 14.7. The Morgan fingerprint density at radius 2 is 2.00 bits per heavy atom. The molecule has 3 rings (SSSR count). The summed E-state index contributed by atoms with van der Waals surface area (Å²) in [7, 11) is 0. The van der Waals surface area contributed by atoms with Gasteiger partial charge in [0.1, 0.15) is 11.1 Å². The molecule has 1 amide bonds. The minimum Gasteiger partial charge on any atom is -0.452 e. The van der Waals surface area contributed by atoms with Gasteiger partial charge < -0.3 is 10.1 Å². The molecule has 1 aliphatic rings. The van der Waals surface area contributed by atoms with Crippen molar-refractivity contribution in [1.82, 2.24) is 0 Å². The minimum absolute atomic E-state index is 0.264. The number of anilines is 1. The van der Waals surface area contributed by atoms with Crippen molar-refractivity contribution in [3.8, 4) is 12.1 Å². The molecule has 0 spiro atoms. The Balaban J connectivity index is 1.62. The number of nitrogens with zero attached hydrogens (tertiary/aromatic N) is 2. The highest BCUT2D eigenvalue weighted by Crippen LogP contribution is 2.39. The van der Waals surface area contributed by atoms with Gasteiger partial charge in [-0.3, -0.25) is 4.79 Å². The maximum absolute atomic E-state index is 12.2. The predicted octanol–water partition coefficient (Wildman–Crippen LogP) is 3.41. The van der Waals surface area contributed by atoms with E-state index in [0.717, 1.165) is 29.7 Å². The predicted molar refractivity (Wildman–Crippen MR) is 100 cm³/mol. The second-order valence-electron chi connectivity index (χ2n) is 6.48. The summed E-state index contributed by atoms with van der Waals surface area (Å²) in [5, 5.41) is 21.4. The molecule has 1 aromatic carbocycles. The molecule has 1 aromatic heterocycles. The van der Waals surface area contributed by atoms with Gasteiger partial charge in [0.15, 0.2) is 6.61 Å². The summed E-state index contributed by atoms with van der Waals surface area (Å²) in [6, 6.07) is 10.1. The first-order valence-electron chi connectivity index (χ1n) is 8.53. The minimum atomic E-state index is -0.644. The van der Waals surface area contributed by atoms with Crippen molar-refractivity contribution in [2.24, 2.45) is 5.92 Å². The molecule has 7 heteroatoms. The number of esters is 1. The van der Waals surface area contributed by atoms with Crippen LogP contribution in [-0.4, -0.2) is 18.5 Å². The molecular formula is C20H17N3O3S. The molecule has 1 aliphatic carbocycles. The molecule has 136 valence electrons. The largest absolute Gasteiger partial charge is 0.452 e. The Labute approximate surface area is 161 Å². The summed E-state index contributed by atoms with van der Waals surface area (Å²) in [6.07, 6.45) is 2.80. The van der Waals surface area contributed by atoms with E-state index in [1.807, 2.05) is 6.07 Å². The van der Waals surface area contributed by atoms with Crippen LogP contribution in [0.15, 0.2) is 24.3 Å². The molecule has 2 aromatic rings. The fourth-order valence-electron chi connectivity index (χ4n) is 3.02. The van der Waals surface area contributed by atoms with Crippen molar-refractivity contribution in [3.63, 3.8) is 0 Å². The Kier molecular flexibility index (Phi) is 5.54. The van der Waals surface area contributed by atoms with E-state index < -0.39 is 18.5 Å². The van der Waals surface area contributed by atoms with Crippen LogP contribution in [0.2, 0.25) is 0 Å². The summed E-state index contributed by atoms with van der Waals surface area (Å²) in [5.74, 6) is -0.561. The highest BCUT2D eigenvalue weighted by molar-refractivity contribution is 7.16. The molecule has 6 nitrogen and oxygen atoms in total.